The van der Waals surface area contributed by atoms with Gasteiger partial charge < -0.3 is 0 Å². The average molecular weight is 356 g/mol. The number of hydrazone groups is 1. The van der Waals surface area contributed by atoms with Gasteiger partial charge in [-0.15, -0.1) is 0 Å². The first-order chi connectivity index (χ1) is 12.4. The normalized spacial score (nSPS) is 17.3. The maximum Gasteiger partial charge on any atom is 0.292 e. The molecular weight excluding hydrogens is 331 g/mol. The Morgan fingerprint density at radius 1 is 1.42 bits per heavy atom. The minimum atomic E-state index is -0.323. The van der Waals surface area contributed by atoms with E-state index in [9.17, 15) is 9.18 Å². The number of halogens is 1. The molecule has 0 bridgehead atoms. The Kier molecular flexibility index (Phi) is 5.20. The monoisotopic (exact) mass is 356 g/mol. The maximum absolute atomic E-state index is 12.9. The number of hydrogen-bond donors (Lipinski definition) is 2. The second-order valence-electron chi connectivity index (χ2n) is 7.56. The molecule has 1 aliphatic carbocycles. The van der Waals surface area contributed by atoms with Gasteiger partial charge in [0.05, 0.1) is 6.21 Å². The number of fused-ring (bicyclic) bond motifs is 1. The summed E-state index contributed by atoms with van der Waals surface area (Å²) >= 11 is 0. The van der Waals surface area contributed by atoms with Crippen LogP contribution in [-0.4, -0.2) is 22.3 Å². The molecule has 26 heavy (non-hydrogen) atoms. The average Bonchev–Trinajstić information content (AvgIpc) is 3.06. The number of amides is 1. The summed E-state index contributed by atoms with van der Waals surface area (Å²) in [5.74, 6) is -0.0958. The Balaban J connectivity index is 1.70. The number of aromatic nitrogens is 2. The van der Waals surface area contributed by atoms with Crippen LogP contribution in [-0.2, 0) is 12.8 Å². The van der Waals surface area contributed by atoms with E-state index in [2.05, 4.69) is 41.5 Å². The van der Waals surface area contributed by atoms with Gasteiger partial charge in [-0.2, -0.15) is 10.2 Å². The van der Waals surface area contributed by atoms with Crippen LogP contribution >= 0.6 is 0 Å². The van der Waals surface area contributed by atoms with Gasteiger partial charge in [-0.25, -0.2) is 9.82 Å². The van der Waals surface area contributed by atoms with Gasteiger partial charge >= 0.3 is 0 Å². The first kappa shape index (κ1) is 18.3. The van der Waals surface area contributed by atoms with Gasteiger partial charge in [0.2, 0.25) is 0 Å². The van der Waals surface area contributed by atoms with Gasteiger partial charge in [0.15, 0.2) is 5.69 Å². The predicted molar refractivity (Wildman–Crippen MR) is 99.6 cm³/mol. The summed E-state index contributed by atoms with van der Waals surface area (Å²) in [6.45, 7) is 6.79. The largest absolute Gasteiger partial charge is 0.292 e. The van der Waals surface area contributed by atoms with Gasteiger partial charge in [0.1, 0.15) is 5.82 Å². The number of aromatic amines is 1. The number of nitrogens with zero attached hydrogens (tertiary/aromatic N) is 2. The number of hydrogen-bond acceptors (Lipinski definition) is 3. The molecule has 0 aliphatic heterocycles. The smallest absolute Gasteiger partial charge is 0.281 e. The first-order valence-corrected chi connectivity index (χ1v) is 9.06. The zero-order valence-electron chi connectivity index (χ0n) is 15.5. The highest BCUT2D eigenvalue weighted by molar-refractivity contribution is 5.94. The summed E-state index contributed by atoms with van der Waals surface area (Å²) in [7, 11) is 0. The van der Waals surface area contributed by atoms with E-state index < -0.39 is 0 Å². The highest BCUT2D eigenvalue weighted by atomic mass is 19.1. The minimum Gasteiger partial charge on any atom is -0.281 e. The van der Waals surface area contributed by atoms with Gasteiger partial charge in [-0.3, -0.25) is 9.89 Å². The van der Waals surface area contributed by atoms with Gasteiger partial charge in [-0.1, -0.05) is 39.3 Å². The van der Waals surface area contributed by atoms with Crippen LogP contribution in [0.4, 0.5) is 4.39 Å². The Labute approximate surface area is 153 Å². The third-order valence-electron chi connectivity index (χ3n) is 5.63. The van der Waals surface area contributed by atoms with Crippen LogP contribution in [0, 0.1) is 17.2 Å². The number of rotatable bonds is 5. The molecule has 3 rings (SSSR count). The summed E-state index contributed by atoms with van der Waals surface area (Å²) < 4.78 is 12.9. The fourth-order valence-electron chi connectivity index (χ4n) is 3.41. The zero-order valence-corrected chi connectivity index (χ0v) is 15.5. The highest BCUT2D eigenvalue weighted by Gasteiger charge is 2.34. The Morgan fingerprint density at radius 3 is 2.85 bits per heavy atom. The second-order valence-corrected chi connectivity index (χ2v) is 7.56. The third kappa shape index (κ3) is 3.84. The summed E-state index contributed by atoms with van der Waals surface area (Å²) in [5, 5.41) is 11.2. The Bertz CT molecular complexity index is 808. The van der Waals surface area contributed by atoms with Crippen molar-refractivity contribution < 1.29 is 9.18 Å². The number of H-pyrrole nitrogens is 1. The van der Waals surface area contributed by atoms with Crippen LogP contribution in [0.2, 0.25) is 0 Å². The van der Waals surface area contributed by atoms with Crippen molar-refractivity contribution >= 4 is 12.1 Å². The minimum absolute atomic E-state index is 0.240. The summed E-state index contributed by atoms with van der Waals surface area (Å²) in [5.41, 5.74) is 5.96. The summed E-state index contributed by atoms with van der Waals surface area (Å²) in [4.78, 5) is 12.5. The first-order valence-electron chi connectivity index (χ1n) is 9.06. The van der Waals surface area contributed by atoms with E-state index in [-0.39, 0.29) is 17.1 Å². The molecule has 6 heteroatoms. The maximum atomic E-state index is 12.9. The SMILES string of the molecule is CCC(C)(C)[C@@H]1CCc2[nH]nc(C(=O)NN=Cc3ccc(F)cc3)c2C1. The molecule has 0 unspecified atom stereocenters. The van der Waals surface area contributed by atoms with Crippen molar-refractivity contribution in [3.8, 4) is 0 Å². The van der Waals surface area contributed by atoms with Crippen LogP contribution in [0.15, 0.2) is 29.4 Å². The number of benzene rings is 1. The van der Waals surface area contributed by atoms with Crippen molar-refractivity contribution in [2.75, 3.05) is 0 Å². The van der Waals surface area contributed by atoms with E-state index in [1.807, 2.05) is 0 Å². The lowest BCUT2D eigenvalue weighted by Gasteiger charge is -2.36. The lowest BCUT2D eigenvalue weighted by atomic mass is 9.69. The number of nitrogens with one attached hydrogen (secondary N) is 2. The molecule has 1 amide bonds. The molecule has 0 radical (unpaired) electrons. The van der Waals surface area contributed by atoms with Crippen LogP contribution < -0.4 is 5.43 Å². The molecule has 2 aromatic rings. The molecule has 1 atom stereocenters. The van der Waals surface area contributed by atoms with Crippen molar-refractivity contribution in [1.82, 2.24) is 15.6 Å². The molecular formula is C20H25FN4O. The van der Waals surface area contributed by atoms with Crippen LogP contribution in [0.5, 0.6) is 0 Å². The molecule has 138 valence electrons. The number of carbonyl (C=O) groups is 1. The fraction of sp³-hybridized carbons (Fsp3) is 0.450. The molecule has 1 aromatic carbocycles. The van der Waals surface area contributed by atoms with Crippen LogP contribution in [0.25, 0.3) is 0 Å². The van der Waals surface area contributed by atoms with Crippen LogP contribution in [0.1, 0.15) is 60.9 Å². The summed E-state index contributed by atoms with van der Waals surface area (Å²) in [6.07, 6.45) is 5.48. The van der Waals surface area contributed by atoms with Crippen molar-refractivity contribution in [1.29, 1.82) is 0 Å². The van der Waals surface area contributed by atoms with Crippen molar-refractivity contribution in [2.45, 2.75) is 46.5 Å². The predicted octanol–water partition coefficient (Wildman–Crippen LogP) is 3.85. The molecule has 0 saturated heterocycles. The number of aryl methyl sites for hydroxylation is 1. The molecule has 0 spiro atoms. The molecule has 0 fully saturated rings. The van der Waals surface area contributed by atoms with Crippen molar-refractivity contribution in [2.24, 2.45) is 16.4 Å². The van der Waals surface area contributed by atoms with E-state index in [0.717, 1.165) is 36.9 Å². The van der Waals surface area contributed by atoms with E-state index >= 15 is 0 Å². The van der Waals surface area contributed by atoms with E-state index in [1.54, 1.807) is 12.1 Å². The van der Waals surface area contributed by atoms with Crippen molar-refractivity contribution in [3.63, 3.8) is 0 Å². The van der Waals surface area contributed by atoms with E-state index in [1.165, 1.54) is 18.3 Å². The van der Waals surface area contributed by atoms with Crippen molar-refractivity contribution in [3.05, 3.63) is 52.6 Å². The molecule has 1 aromatic heterocycles. The van der Waals surface area contributed by atoms with E-state index in [4.69, 9.17) is 0 Å². The molecule has 2 N–H and O–H groups in total. The van der Waals surface area contributed by atoms with Gasteiger partial charge in [-0.05, 0) is 48.3 Å². The number of carbonyl (C=O) groups excluding carboxylic acids is 1. The van der Waals surface area contributed by atoms with Gasteiger partial charge in [0.25, 0.3) is 5.91 Å². The molecule has 5 nitrogen and oxygen atoms in total. The third-order valence-corrected chi connectivity index (χ3v) is 5.63. The fourth-order valence-corrected chi connectivity index (χ4v) is 3.41. The topological polar surface area (TPSA) is 70.1 Å². The second kappa shape index (κ2) is 7.40. The molecule has 0 saturated carbocycles. The Morgan fingerprint density at radius 2 is 2.15 bits per heavy atom. The Hall–Kier alpha value is -2.50. The lowest BCUT2D eigenvalue weighted by molar-refractivity contribution is 0.0947. The van der Waals surface area contributed by atoms with Crippen LogP contribution in [0.3, 0.4) is 0 Å². The van der Waals surface area contributed by atoms with Gasteiger partial charge in [0, 0.05) is 11.3 Å². The summed E-state index contributed by atoms with van der Waals surface area (Å²) in [6, 6.07) is 5.89. The standard InChI is InChI=1S/C20H25FN4O/c1-4-20(2,3)14-7-10-17-16(11-14)18(24-23-17)19(26)25-22-12-13-5-8-15(21)9-6-13/h5-6,8-9,12,14H,4,7,10-11H2,1-3H3,(H,23,24)(H,25,26)/t14-/m1/s1. The zero-order chi connectivity index (χ0) is 18.7. The molecule has 1 aliphatic rings. The lowest BCUT2D eigenvalue weighted by Crippen LogP contribution is -2.30. The van der Waals surface area contributed by atoms with E-state index in [0.29, 0.717) is 17.2 Å². The highest BCUT2D eigenvalue weighted by Crippen LogP contribution is 2.40. The molecule has 1 heterocycles. The quantitative estimate of drug-likeness (QED) is 0.631.